The van der Waals surface area contributed by atoms with Gasteiger partial charge in [0.1, 0.15) is 5.82 Å². The van der Waals surface area contributed by atoms with Crippen LogP contribution >= 0.6 is 0 Å². The Balaban J connectivity index is 1.90. The maximum Gasteiger partial charge on any atom is 0.252 e. The van der Waals surface area contributed by atoms with Crippen LogP contribution < -0.4 is 5.32 Å². The van der Waals surface area contributed by atoms with Crippen molar-refractivity contribution in [3.8, 4) is 0 Å². The largest absolute Gasteiger partial charge is 0.360 e. The third-order valence-electron chi connectivity index (χ3n) is 3.03. The predicted molar refractivity (Wildman–Crippen MR) is 71.6 cm³/mol. The van der Waals surface area contributed by atoms with Crippen LogP contribution in [0.25, 0.3) is 10.8 Å². The Morgan fingerprint density at radius 3 is 2.70 bits per heavy atom. The molecule has 20 heavy (non-hydrogen) atoms. The molecule has 0 aliphatic heterocycles. The average molecular weight is 270 g/mol. The molecule has 4 nitrogen and oxygen atoms in total. The minimum Gasteiger partial charge on any atom is -0.360 e. The Labute approximate surface area is 114 Å². The van der Waals surface area contributed by atoms with Crippen LogP contribution in [0.2, 0.25) is 0 Å². The summed E-state index contributed by atoms with van der Waals surface area (Å²) in [6.07, 6.45) is 1.51. The third-order valence-corrected chi connectivity index (χ3v) is 3.03. The van der Waals surface area contributed by atoms with Crippen LogP contribution in [0.5, 0.6) is 0 Å². The molecule has 0 bridgehead atoms. The van der Waals surface area contributed by atoms with E-state index in [4.69, 9.17) is 4.52 Å². The molecule has 1 N–H and O–H groups in total. The second-order valence-corrected chi connectivity index (χ2v) is 4.30. The van der Waals surface area contributed by atoms with Crippen LogP contribution in [0, 0.1) is 5.82 Å². The van der Waals surface area contributed by atoms with E-state index in [9.17, 15) is 9.18 Å². The van der Waals surface area contributed by atoms with E-state index >= 15 is 0 Å². The SMILES string of the molecule is O=C(NCc1ccno1)c1ccc(F)c2ccccc12. The molecule has 5 heteroatoms. The highest BCUT2D eigenvalue weighted by atomic mass is 19.1. The number of nitrogens with one attached hydrogen (secondary N) is 1. The van der Waals surface area contributed by atoms with Crippen LogP contribution in [0.3, 0.4) is 0 Å². The Bertz CT molecular complexity index is 754. The molecule has 0 saturated carbocycles. The molecule has 0 unspecified atom stereocenters. The molecule has 0 aliphatic carbocycles. The zero-order chi connectivity index (χ0) is 13.9. The van der Waals surface area contributed by atoms with Crippen LogP contribution in [-0.4, -0.2) is 11.1 Å². The molecule has 0 radical (unpaired) electrons. The van der Waals surface area contributed by atoms with Gasteiger partial charge in [-0.05, 0) is 17.5 Å². The van der Waals surface area contributed by atoms with Gasteiger partial charge in [0.15, 0.2) is 5.76 Å². The van der Waals surface area contributed by atoms with E-state index in [2.05, 4.69) is 10.5 Å². The number of amides is 1. The summed E-state index contributed by atoms with van der Waals surface area (Å²) in [5, 5.41) is 7.29. The van der Waals surface area contributed by atoms with Crippen molar-refractivity contribution in [2.75, 3.05) is 0 Å². The molecule has 3 aromatic rings. The molecule has 0 fully saturated rings. The van der Waals surface area contributed by atoms with Gasteiger partial charge in [-0.2, -0.15) is 0 Å². The van der Waals surface area contributed by atoms with Gasteiger partial charge >= 0.3 is 0 Å². The molecule has 0 atom stereocenters. The van der Waals surface area contributed by atoms with E-state index in [1.807, 2.05) is 0 Å². The average Bonchev–Trinajstić information content (AvgIpc) is 2.99. The van der Waals surface area contributed by atoms with Gasteiger partial charge in [-0.3, -0.25) is 4.79 Å². The summed E-state index contributed by atoms with van der Waals surface area (Å²) < 4.78 is 18.6. The number of hydrogen-bond acceptors (Lipinski definition) is 3. The number of benzene rings is 2. The van der Waals surface area contributed by atoms with Gasteiger partial charge in [0.05, 0.1) is 12.7 Å². The number of carbonyl (C=O) groups excluding carboxylic acids is 1. The Hall–Kier alpha value is -2.69. The van der Waals surface area contributed by atoms with Gasteiger partial charge in [0.2, 0.25) is 0 Å². The fourth-order valence-corrected chi connectivity index (χ4v) is 2.06. The predicted octanol–water partition coefficient (Wildman–Crippen LogP) is 2.90. The molecule has 0 aliphatic rings. The van der Waals surface area contributed by atoms with E-state index in [1.54, 1.807) is 30.3 Å². The number of halogens is 1. The molecular weight excluding hydrogens is 259 g/mol. The van der Waals surface area contributed by atoms with Crippen LogP contribution in [0.1, 0.15) is 16.1 Å². The van der Waals surface area contributed by atoms with Crippen molar-refractivity contribution in [3.63, 3.8) is 0 Å². The minimum atomic E-state index is -0.340. The van der Waals surface area contributed by atoms with Crippen LogP contribution in [-0.2, 0) is 6.54 Å². The van der Waals surface area contributed by atoms with Crippen molar-refractivity contribution in [2.45, 2.75) is 6.54 Å². The van der Waals surface area contributed by atoms with E-state index in [1.165, 1.54) is 18.3 Å². The normalized spacial score (nSPS) is 10.7. The number of fused-ring (bicyclic) bond motifs is 1. The van der Waals surface area contributed by atoms with E-state index in [-0.39, 0.29) is 18.3 Å². The van der Waals surface area contributed by atoms with Gasteiger partial charge in [0.25, 0.3) is 5.91 Å². The number of rotatable bonds is 3. The molecule has 2 aromatic carbocycles. The molecule has 1 aromatic heterocycles. The van der Waals surface area contributed by atoms with Gasteiger partial charge in [-0.15, -0.1) is 0 Å². The molecule has 1 heterocycles. The lowest BCUT2D eigenvalue weighted by atomic mass is 10.0. The van der Waals surface area contributed by atoms with E-state index in [0.717, 1.165) is 0 Å². The zero-order valence-corrected chi connectivity index (χ0v) is 10.5. The molecule has 100 valence electrons. The molecule has 1 amide bonds. The van der Waals surface area contributed by atoms with E-state index in [0.29, 0.717) is 22.1 Å². The minimum absolute atomic E-state index is 0.241. The van der Waals surface area contributed by atoms with Crippen molar-refractivity contribution in [1.82, 2.24) is 10.5 Å². The fraction of sp³-hybridized carbons (Fsp3) is 0.0667. The van der Waals surface area contributed by atoms with Crippen molar-refractivity contribution in [1.29, 1.82) is 0 Å². The highest BCUT2D eigenvalue weighted by Gasteiger charge is 2.12. The third kappa shape index (κ3) is 2.25. The zero-order valence-electron chi connectivity index (χ0n) is 10.5. The van der Waals surface area contributed by atoms with Crippen molar-refractivity contribution >= 4 is 16.7 Å². The van der Waals surface area contributed by atoms with Crippen molar-refractivity contribution < 1.29 is 13.7 Å². The lowest BCUT2D eigenvalue weighted by molar-refractivity contribution is 0.0948. The van der Waals surface area contributed by atoms with Crippen LogP contribution in [0.15, 0.2) is 53.2 Å². The molecular formula is C15H11FN2O2. The summed E-state index contributed by atoms with van der Waals surface area (Å²) in [6.45, 7) is 0.241. The fourth-order valence-electron chi connectivity index (χ4n) is 2.06. The molecule has 3 rings (SSSR count). The van der Waals surface area contributed by atoms with E-state index < -0.39 is 0 Å². The number of nitrogens with zero attached hydrogens (tertiary/aromatic N) is 1. The lowest BCUT2D eigenvalue weighted by Crippen LogP contribution is -2.22. The van der Waals surface area contributed by atoms with Crippen LogP contribution in [0.4, 0.5) is 4.39 Å². The summed E-state index contributed by atoms with van der Waals surface area (Å²) >= 11 is 0. The summed E-state index contributed by atoms with van der Waals surface area (Å²) in [5.41, 5.74) is 0.432. The number of aromatic nitrogens is 1. The smallest absolute Gasteiger partial charge is 0.252 e. The summed E-state index contributed by atoms with van der Waals surface area (Å²) in [6, 6.07) is 11.3. The number of carbonyl (C=O) groups is 1. The maximum absolute atomic E-state index is 13.7. The van der Waals surface area contributed by atoms with Gasteiger partial charge in [-0.25, -0.2) is 4.39 Å². The molecule has 0 spiro atoms. The second-order valence-electron chi connectivity index (χ2n) is 4.30. The van der Waals surface area contributed by atoms with Gasteiger partial charge in [-0.1, -0.05) is 29.4 Å². The Kier molecular flexibility index (Phi) is 3.16. The Morgan fingerprint density at radius 1 is 1.15 bits per heavy atom. The van der Waals surface area contributed by atoms with Gasteiger partial charge < -0.3 is 9.84 Å². The first kappa shape index (κ1) is 12.3. The quantitative estimate of drug-likeness (QED) is 0.796. The van der Waals surface area contributed by atoms with Gasteiger partial charge in [0, 0.05) is 17.0 Å². The first-order chi connectivity index (χ1) is 9.75. The first-order valence-electron chi connectivity index (χ1n) is 6.11. The summed E-state index contributed by atoms with van der Waals surface area (Å²) in [5.74, 6) is -0.0604. The topological polar surface area (TPSA) is 55.1 Å². The van der Waals surface area contributed by atoms with Crippen molar-refractivity contribution in [3.05, 3.63) is 65.8 Å². The Morgan fingerprint density at radius 2 is 1.95 bits per heavy atom. The summed E-state index contributed by atoms with van der Waals surface area (Å²) in [4.78, 5) is 12.2. The number of hydrogen-bond donors (Lipinski definition) is 1. The first-order valence-corrected chi connectivity index (χ1v) is 6.11. The van der Waals surface area contributed by atoms with Crippen molar-refractivity contribution in [2.24, 2.45) is 0 Å². The summed E-state index contributed by atoms with van der Waals surface area (Å²) in [7, 11) is 0. The molecule has 0 saturated heterocycles. The monoisotopic (exact) mass is 270 g/mol. The highest BCUT2D eigenvalue weighted by Crippen LogP contribution is 2.21. The lowest BCUT2D eigenvalue weighted by Gasteiger charge is -2.07. The maximum atomic E-state index is 13.7. The highest BCUT2D eigenvalue weighted by molar-refractivity contribution is 6.07. The standard InChI is InChI=1S/C15H11FN2O2/c16-14-6-5-13(11-3-1-2-4-12(11)14)15(19)17-9-10-7-8-18-20-10/h1-8H,9H2,(H,17,19). The second kappa shape index (κ2) is 5.13.